The van der Waals surface area contributed by atoms with Crippen LogP contribution in [0, 0.1) is 0 Å². The van der Waals surface area contributed by atoms with Gasteiger partial charge in [-0.3, -0.25) is 14.4 Å². The molecule has 0 aliphatic carbocycles. The van der Waals surface area contributed by atoms with Crippen LogP contribution in [0.2, 0.25) is 0 Å². The highest BCUT2D eigenvalue weighted by Gasteiger charge is 2.39. The first-order valence-electron chi connectivity index (χ1n) is 17.2. The van der Waals surface area contributed by atoms with E-state index in [1.54, 1.807) is 43.6 Å². The molecule has 6 aromatic rings. The molecule has 10 nitrogen and oxygen atoms in total. The summed E-state index contributed by atoms with van der Waals surface area (Å²) in [5.41, 5.74) is 3.11. The van der Waals surface area contributed by atoms with Gasteiger partial charge in [0.05, 0.1) is 20.6 Å². The van der Waals surface area contributed by atoms with Crippen LogP contribution in [0.1, 0.15) is 39.0 Å². The summed E-state index contributed by atoms with van der Waals surface area (Å²) in [5.74, 6) is -1.83. The van der Waals surface area contributed by atoms with E-state index in [-0.39, 0.29) is 6.42 Å². The number of esters is 1. The number of rotatable bonds is 14. The molecule has 10 heteroatoms. The number of carbonyl (C=O) groups excluding carboxylic acids is 4. The molecule has 0 spiro atoms. The number of benzene rings is 5. The van der Waals surface area contributed by atoms with Crippen molar-refractivity contribution in [3.63, 3.8) is 0 Å². The van der Waals surface area contributed by atoms with Gasteiger partial charge in [-0.05, 0) is 52.6 Å². The molecule has 0 bridgehead atoms. The van der Waals surface area contributed by atoms with Gasteiger partial charge in [0, 0.05) is 29.1 Å². The second kappa shape index (κ2) is 16.6. The monoisotopic (exact) mass is 708 g/mol. The summed E-state index contributed by atoms with van der Waals surface area (Å²) in [5, 5.41) is 9.67. The molecule has 0 aliphatic heterocycles. The Bertz CT molecular complexity index is 2130. The van der Waals surface area contributed by atoms with Crippen LogP contribution in [-0.4, -0.2) is 55.0 Å². The van der Waals surface area contributed by atoms with Crippen LogP contribution in [0.4, 0.5) is 0 Å². The van der Waals surface area contributed by atoms with Crippen molar-refractivity contribution in [3.05, 3.63) is 174 Å². The standard InChI is InChI=1S/C43H40N4O6/c1-52-34-24-22-33(23-25-34)43(31-16-8-4-9-17-31,32-18-10-5-11-19-32)47-39(48)27-38(42(51)53-2)46-41(50)37(45-40(49)29-14-6-3-7-15-29)26-30-28-44-36-21-13-12-20-35(30)36/h3-25,28,37-38,44H,26-27H2,1-2H3,(H,45,49)(H,46,50)(H,47,48)/t37-,38?/m0/s1. The van der Waals surface area contributed by atoms with Crippen LogP contribution < -0.4 is 20.7 Å². The minimum Gasteiger partial charge on any atom is -0.497 e. The van der Waals surface area contributed by atoms with Gasteiger partial charge < -0.3 is 30.4 Å². The summed E-state index contributed by atoms with van der Waals surface area (Å²) in [7, 11) is 2.77. The summed E-state index contributed by atoms with van der Waals surface area (Å²) in [6, 6.07) is 40.1. The van der Waals surface area contributed by atoms with E-state index in [2.05, 4.69) is 20.9 Å². The van der Waals surface area contributed by atoms with Crippen molar-refractivity contribution in [1.82, 2.24) is 20.9 Å². The van der Waals surface area contributed by atoms with Crippen LogP contribution in [0.15, 0.2) is 146 Å². The molecule has 0 saturated heterocycles. The fraction of sp³-hybridized carbons (Fsp3) is 0.163. The van der Waals surface area contributed by atoms with Crippen molar-refractivity contribution >= 4 is 34.6 Å². The van der Waals surface area contributed by atoms with E-state index in [0.717, 1.165) is 33.2 Å². The number of fused-ring (bicyclic) bond motifs is 1. The zero-order valence-electron chi connectivity index (χ0n) is 29.4. The van der Waals surface area contributed by atoms with Crippen molar-refractivity contribution in [3.8, 4) is 5.75 Å². The third-order valence-corrected chi connectivity index (χ3v) is 9.21. The Labute approximate surface area is 307 Å². The molecule has 0 radical (unpaired) electrons. The SMILES string of the molecule is COC(=O)C(CC(=O)NC(c1ccccc1)(c1ccccc1)c1ccc(OC)cc1)NC(=O)[C@H](Cc1c[nH]c2ccccc12)NC(=O)c1ccccc1. The molecule has 2 atom stereocenters. The van der Waals surface area contributed by atoms with Gasteiger partial charge in [-0.1, -0.05) is 109 Å². The van der Waals surface area contributed by atoms with Gasteiger partial charge in [0.25, 0.3) is 5.91 Å². The van der Waals surface area contributed by atoms with Gasteiger partial charge in [-0.15, -0.1) is 0 Å². The van der Waals surface area contributed by atoms with E-state index in [1.807, 2.05) is 109 Å². The summed E-state index contributed by atoms with van der Waals surface area (Å²) in [4.78, 5) is 58.2. The first-order chi connectivity index (χ1) is 25.8. The molecule has 1 heterocycles. The summed E-state index contributed by atoms with van der Waals surface area (Å²) in [6.45, 7) is 0. The quantitative estimate of drug-likeness (QED) is 0.0850. The zero-order valence-corrected chi connectivity index (χ0v) is 29.4. The molecular formula is C43H40N4O6. The van der Waals surface area contributed by atoms with E-state index in [9.17, 15) is 19.2 Å². The maximum atomic E-state index is 14.3. The Morgan fingerprint density at radius 3 is 1.83 bits per heavy atom. The van der Waals surface area contributed by atoms with Gasteiger partial charge in [-0.2, -0.15) is 0 Å². The van der Waals surface area contributed by atoms with Crippen molar-refractivity contribution in [1.29, 1.82) is 0 Å². The highest BCUT2D eigenvalue weighted by molar-refractivity contribution is 5.99. The average Bonchev–Trinajstić information content (AvgIpc) is 3.62. The zero-order chi connectivity index (χ0) is 37.2. The van der Waals surface area contributed by atoms with Gasteiger partial charge in [0.1, 0.15) is 23.4 Å². The van der Waals surface area contributed by atoms with Crippen LogP contribution in [0.25, 0.3) is 10.9 Å². The van der Waals surface area contributed by atoms with Gasteiger partial charge in [0.2, 0.25) is 11.8 Å². The van der Waals surface area contributed by atoms with Gasteiger partial charge >= 0.3 is 5.97 Å². The largest absolute Gasteiger partial charge is 0.497 e. The highest BCUT2D eigenvalue weighted by Crippen LogP contribution is 2.37. The number of aromatic amines is 1. The summed E-state index contributed by atoms with van der Waals surface area (Å²) < 4.78 is 10.5. The number of para-hydroxylation sites is 1. The molecule has 0 fully saturated rings. The number of ether oxygens (including phenoxy) is 2. The lowest BCUT2D eigenvalue weighted by Crippen LogP contribution is -2.55. The Kier molecular flexibility index (Phi) is 11.3. The van der Waals surface area contributed by atoms with Gasteiger partial charge in [-0.25, -0.2) is 4.79 Å². The normalized spacial score (nSPS) is 12.3. The molecule has 4 N–H and O–H groups in total. The molecule has 3 amide bonds. The number of nitrogens with one attached hydrogen (secondary N) is 4. The lowest BCUT2D eigenvalue weighted by molar-refractivity contribution is -0.147. The molecule has 53 heavy (non-hydrogen) atoms. The molecule has 0 saturated carbocycles. The molecule has 268 valence electrons. The minimum absolute atomic E-state index is 0.108. The number of amides is 3. The number of hydrogen-bond donors (Lipinski definition) is 4. The third kappa shape index (κ3) is 8.12. The van der Waals surface area contributed by atoms with E-state index >= 15 is 0 Å². The van der Waals surface area contributed by atoms with E-state index < -0.39 is 47.7 Å². The first-order valence-corrected chi connectivity index (χ1v) is 17.2. The molecule has 6 rings (SSSR count). The Morgan fingerprint density at radius 1 is 0.660 bits per heavy atom. The third-order valence-electron chi connectivity index (χ3n) is 9.21. The number of methoxy groups -OCH3 is 2. The Hall–Kier alpha value is -6.68. The van der Waals surface area contributed by atoms with Crippen LogP contribution in [0.3, 0.4) is 0 Å². The van der Waals surface area contributed by atoms with E-state index in [4.69, 9.17) is 9.47 Å². The molecular weight excluding hydrogens is 668 g/mol. The van der Waals surface area contributed by atoms with Crippen LogP contribution in [0.5, 0.6) is 5.75 Å². The molecule has 1 aromatic heterocycles. The van der Waals surface area contributed by atoms with Crippen molar-refractivity contribution in [2.24, 2.45) is 0 Å². The predicted octanol–water partition coefficient (Wildman–Crippen LogP) is 5.67. The second-order valence-electron chi connectivity index (χ2n) is 12.5. The number of hydrogen-bond acceptors (Lipinski definition) is 6. The average molecular weight is 709 g/mol. The molecule has 1 unspecified atom stereocenters. The first kappa shape index (κ1) is 36.1. The minimum atomic E-state index is -1.38. The van der Waals surface area contributed by atoms with Crippen LogP contribution in [-0.2, 0) is 31.1 Å². The van der Waals surface area contributed by atoms with E-state index in [1.165, 1.54) is 7.11 Å². The van der Waals surface area contributed by atoms with Crippen molar-refractivity contribution in [2.75, 3.05) is 14.2 Å². The second-order valence-corrected chi connectivity index (χ2v) is 12.5. The number of H-pyrrole nitrogens is 1. The summed E-state index contributed by atoms with van der Waals surface area (Å²) >= 11 is 0. The topological polar surface area (TPSA) is 139 Å². The predicted molar refractivity (Wildman–Crippen MR) is 202 cm³/mol. The lowest BCUT2D eigenvalue weighted by Gasteiger charge is -2.37. The molecule has 5 aromatic carbocycles. The molecule has 0 aliphatic rings. The Balaban J connectivity index is 1.31. The van der Waals surface area contributed by atoms with Crippen LogP contribution >= 0.6 is 0 Å². The number of aromatic nitrogens is 1. The Morgan fingerprint density at radius 2 is 1.23 bits per heavy atom. The maximum Gasteiger partial charge on any atom is 0.328 e. The maximum absolute atomic E-state index is 14.3. The summed E-state index contributed by atoms with van der Waals surface area (Å²) in [6.07, 6.45) is 1.44. The number of carbonyl (C=O) groups is 4. The fourth-order valence-electron chi connectivity index (χ4n) is 6.55. The smallest absolute Gasteiger partial charge is 0.328 e. The lowest BCUT2D eigenvalue weighted by atomic mass is 9.76. The van der Waals surface area contributed by atoms with Crippen molar-refractivity contribution < 1.29 is 28.7 Å². The van der Waals surface area contributed by atoms with E-state index in [0.29, 0.717) is 11.3 Å². The fourth-order valence-corrected chi connectivity index (χ4v) is 6.55. The van der Waals surface area contributed by atoms with Gasteiger partial charge in [0.15, 0.2) is 0 Å². The van der Waals surface area contributed by atoms with Crippen molar-refractivity contribution in [2.45, 2.75) is 30.5 Å². The highest BCUT2D eigenvalue weighted by atomic mass is 16.5.